The number of nitrogens with zero attached hydrogens (tertiary/aromatic N) is 5. The van der Waals surface area contributed by atoms with E-state index in [1.165, 1.54) is 0 Å². The van der Waals surface area contributed by atoms with Gasteiger partial charge in [-0.2, -0.15) is 0 Å². The summed E-state index contributed by atoms with van der Waals surface area (Å²) in [6, 6.07) is 0. The number of rotatable bonds is 3. The second-order valence-electron chi connectivity index (χ2n) is 5.85. The van der Waals surface area contributed by atoms with E-state index in [1.807, 2.05) is 4.90 Å². The summed E-state index contributed by atoms with van der Waals surface area (Å²) in [6.45, 7) is 3.58. The molecule has 1 aromatic rings. The van der Waals surface area contributed by atoms with Gasteiger partial charge < -0.3 is 14.7 Å². The van der Waals surface area contributed by atoms with Crippen LogP contribution in [0.15, 0.2) is 6.20 Å². The first kappa shape index (κ1) is 15.6. The minimum Gasteiger partial charge on any atom is -0.342 e. The van der Waals surface area contributed by atoms with Crippen molar-refractivity contribution in [3.8, 4) is 0 Å². The molecule has 3 rings (SSSR count). The lowest BCUT2D eigenvalue weighted by atomic mass is 10.1. The number of amides is 2. The Hall–Kier alpha value is -2.25. The molecule has 3 heterocycles. The van der Waals surface area contributed by atoms with E-state index in [-0.39, 0.29) is 11.6 Å². The molecule has 0 spiro atoms. The number of aromatic nitrogens is 2. The van der Waals surface area contributed by atoms with Crippen molar-refractivity contribution in [2.75, 3.05) is 44.2 Å². The number of hydrogen-bond acceptors (Lipinski definition) is 5. The van der Waals surface area contributed by atoms with Crippen LogP contribution in [0.1, 0.15) is 29.8 Å². The van der Waals surface area contributed by atoms with E-state index >= 15 is 0 Å². The zero-order valence-corrected chi connectivity index (χ0v) is 12.9. The number of hydrogen-bond donors (Lipinski definition) is 0. The number of piperidine rings is 1. The molecule has 23 heavy (non-hydrogen) atoms. The maximum absolute atomic E-state index is 14.0. The Morgan fingerprint density at radius 2 is 1.78 bits per heavy atom. The van der Waals surface area contributed by atoms with Gasteiger partial charge in [-0.15, -0.1) is 0 Å². The maximum atomic E-state index is 14.0. The van der Waals surface area contributed by atoms with E-state index in [1.54, 1.807) is 9.80 Å². The molecule has 2 saturated heterocycles. The topological polar surface area (TPSA) is 69.6 Å². The van der Waals surface area contributed by atoms with Crippen molar-refractivity contribution < 1.29 is 14.0 Å². The van der Waals surface area contributed by atoms with Gasteiger partial charge in [0, 0.05) is 39.3 Å². The zero-order chi connectivity index (χ0) is 16.2. The van der Waals surface area contributed by atoms with Crippen molar-refractivity contribution in [3.05, 3.63) is 17.7 Å². The molecule has 0 unspecified atom stereocenters. The molecule has 0 bridgehead atoms. The van der Waals surface area contributed by atoms with Crippen molar-refractivity contribution in [2.24, 2.45) is 0 Å². The van der Waals surface area contributed by atoms with E-state index in [0.29, 0.717) is 45.2 Å². The average molecular weight is 321 g/mol. The number of carbonyl (C=O) groups is 2. The summed E-state index contributed by atoms with van der Waals surface area (Å²) in [5.74, 6) is -0.703. The van der Waals surface area contributed by atoms with Gasteiger partial charge in [-0.1, -0.05) is 0 Å². The lowest BCUT2D eigenvalue weighted by Crippen LogP contribution is -2.46. The Bertz CT molecular complexity index is 583. The molecule has 7 nitrogen and oxygen atoms in total. The number of piperazine rings is 1. The molecule has 1 aromatic heterocycles. The van der Waals surface area contributed by atoms with E-state index < -0.39 is 5.82 Å². The minimum atomic E-state index is -0.684. The van der Waals surface area contributed by atoms with Crippen LogP contribution in [0.4, 0.5) is 10.3 Å². The van der Waals surface area contributed by atoms with Crippen molar-refractivity contribution in [2.45, 2.75) is 19.3 Å². The molecule has 0 N–H and O–H groups in total. The van der Waals surface area contributed by atoms with Crippen LogP contribution in [0.25, 0.3) is 0 Å². The molecular formula is C15H20FN5O2. The Kier molecular flexibility index (Phi) is 4.68. The quantitative estimate of drug-likeness (QED) is 0.759. The second kappa shape index (κ2) is 6.89. The van der Waals surface area contributed by atoms with E-state index in [4.69, 9.17) is 0 Å². The summed E-state index contributed by atoms with van der Waals surface area (Å²) in [7, 11) is 0. The highest BCUT2D eigenvalue weighted by Crippen LogP contribution is 2.17. The summed E-state index contributed by atoms with van der Waals surface area (Å²) in [5.41, 5.74) is -0.158. The molecule has 0 aliphatic carbocycles. The van der Waals surface area contributed by atoms with Crippen LogP contribution in [-0.4, -0.2) is 71.4 Å². The van der Waals surface area contributed by atoms with Gasteiger partial charge in [-0.3, -0.25) is 9.59 Å². The molecular weight excluding hydrogens is 301 g/mol. The monoisotopic (exact) mass is 321 g/mol. The standard InChI is InChI=1S/C15H20FN5O2/c16-12-10-17-15(21-8-6-19(11-22)7-9-21)18-13(12)14(23)20-4-2-1-3-5-20/h10-11H,1-9H2. The molecule has 0 saturated carbocycles. The second-order valence-corrected chi connectivity index (χ2v) is 5.85. The van der Waals surface area contributed by atoms with Gasteiger partial charge in [-0.25, -0.2) is 14.4 Å². The summed E-state index contributed by atoms with van der Waals surface area (Å²) < 4.78 is 14.0. The highest BCUT2D eigenvalue weighted by molar-refractivity contribution is 5.92. The fraction of sp³-hybridized carbons (Fsp3) is 0.600. The Balaban J connectivity index is 1.76. The first-order valence-corrected chi connectivity index (χ1v) is 7.95. The summed E-state index contributed by atoms with van der Waals surface area (Å²) >= 11 is 0. The Labute approximate surface area is 134 Å². The van der Waals surface area contributed by atoms with Crippen molar-refractivity contribution in [1.29, 1.82) is 0 Å². The van der Waals surface area contributed by atoms with Gasteiger partial charge in [0.25, 0.3) is 5.91 Å². The van der Waals surface area contributed by atoms with Crippen molar-refractivity contribution in [1.82, 2.24) is 19.8 Å². The largest absolute Gasteiger partial charge is 0.342 e. The third kappa shape index (κ3) is 3.40. The van der Waals surface area contributed by atoms with Crippen LogP contribution in [-0.2, 0) is 4.79 Å². The first-order chi connectivity index (χ1) is 11.2. The van der Waals surface area contributed by atoms with Crippen LogP contribution >= 0.6 is 0 Å². The molecule has 0 atom stereocenters. The number of anilines is 1. The zero-order valence-electron chi connectivity index (χ0n) is 12.9. The van der Waals surface area contributed by atoms with Gasteiger partial charge in [0.1, 0.15) is 0 Å². The molecule has 0 aromatic carbocycles. The number of carbonyl (C=O) groups excluding carboxylic acids is 2. The summed E-state index contributed by atoms with van der Waals surface area (Å²) in [4.78, 5) is 36.6. The lowest BCUT2D eigenvalue weighted by Gasteiger charge is -2.32. The number of halogens is 1. The maximum Gasteiger partial charge on any atom is 0.275 e. The van der Waals surface area contributed by atoms with Crippen LogP contribution in [0.3, 0.4) is 0 Å². The van der Waals surface area contributed by atoms with Crippen molar-refractivity contribution >= 4 is 18.3 Å². The third-order valence-corrected chi connectivity index (χ3v) is 4.32. The van der Waals surface area contributed by atoms with Gasteiger partial charge in [0.2, 0.25) is 12.4 Å². The summed E-state index contributed by atoms with van der Waals surface area (Å²) in [5, 5.41) is 0. The fourth-order valence-corrected chi connectivity index (χ4v) is 2.93. The Morgan fingerprint density at radius 3 is 2.43 bits per heavy atom. The highest BCUT2D eigenvalue weighted by Gasteiger charge is 2.25. The predicted molar refractivity (Wildman–Crippen MR) is 81.6 cm³/mol. The molecule has 8 heteroatoms. The average Bonchev–Trinajstić information content (AvgIpc) is 2.62. The van der Waals surface area contributed by atoms with Gasteiger partial charge in [0.05, 0.1) is 6.20 Å². The SMILES string of the molecule is O=CN1CCN(c2ncc(F)c(C(=O)N3CCCCC3)n2)CC1. The highest BCUT2D eigenvalue weighted by atomic mass is 19.1. The van der Waals surface area contributed by atoms with E-state index in [2.05, 4.69) is 9.97 Å². The van der Waals surface area contributed by atoms with Gasteiger partial charge in [0.15, 0.2) is 11.5 Å². The molecule has 2 amide bonds. The van der Waals surface area contributed by atoms with Crippen LogP contribution in [0.5, 0.6) is 0 Å². The third-order valence-electron chi connectivity index (χ3n) is 4.32. The van der Waals surface area contributed by atoms with Crippen LogP contribution in [0, 0.1) is 5.82 Å². The van der Waals surface area contributed by atoms with E-state index in [9.17, 15) is 14.0 Å². The van der Waals surface area contributed by atoms with Crippen LogP contribution < -0.4 is 4.90 Å². The lowest BCUT2D eigenvalue weighted by molar-refractivity contribution is -0.118. The first-order valence-electron chi connectivity index (χ1n) is 7.95. The summed E-state index contributed by atoms with van der Waals surface area (Å²) in [6.07, 6.45) is 4.86. The Morgan fingerprint density at radius 1 is 1.09 bits per heavy atom. The predicted octanol–water partition coefficient (Wildman–Crippen LogP) is 0.520. The molecule has 2 fully saturated rings. The fourth-order valence-electron chi connectivity index (χ4n) is 2.93. The van der Waals surface area contributed by atoms with Crippen molar-refractivity contribution in [3.63, 3.8) is 0 Å². The van der Waals surface area contributed by atoms with Gasteiger partial charge >= 0.3 is 0 Å². The molecule has 2 aliphatic heterocycles. The minimum absolute atomic E-state index is 0.158. The molecule has 124 valence electrons. The van der Waals surface area contributed by atoms with Crippen LogP contribution in [0.2, 0.25) is 0 Å². The smallest absolute Gasteiger partial charge is 0.275 e. The van der Waals surface area contributed by atoms with E-state index in [0.717, 1.165) is 31.9 Å². The normalized spacial score (nSPS) is 18.9. The molecule has 0 radical (unpaired) electrons. The van der Waals surface area contributed by atoms with Gasteiger partial charge in [-0.05, 0) is 19.3 Å². The molecule has 2 aliphatic rings. The number of likely N-dealkylation sites (tertiary alicyclic amines) is 1.